The van der Waals surface area contributed by atoms with E-state index in [9.17, 15) is 9.36 Å². The Morgan fingerprint density at radius 3 is 1.50 bits per heavy atom. The van der Waals surface area contributed by atoms with Crippen LogP contribution in [0.4, 0.5) is 0 Å². The highest BCUT2D eigenvalue weighted by atomic mass is 31.2. The first-order valence-electron chi connectivity index (χ1n) is 18.3. The van der Waals surface area contributed by atoms with Gasteiger partial charge in [0.15, 0.2) is 0 Å². The van der Waals surface area contributed by atoms with Gasteiger partial charge in [0.05, 0.1) is 13.2 Å². The van der Waals surface area contributed by atoms with Crippen LogP contribution in [-0.2, 0) is 32.1 Å². The predicted molar refractivity (Wildman–Crippen MR) is 218 cm³/mol. The highest BCUT2D eigenvalue weighted by Crippen LogP contribution is 2.47. The van der Waals surface area contributed by atoms with E-state index >= 15 is 0 Å². The zero-order valence-electron chi connectivity index (χ0n) is 32.2. The van der Waals surface area contributed by atoms with Crippen molar-refractivity contribution in [3.05, 3.63) is 134 Å². The number of hydrogen-bond acceptors (Lipinski definition) is 7. The first-order valence-corrected chi connectivity index (χ1v) is 21.7. The molecular weight excluding hydrogens is 688 g/mol. The van der Waals surface area contributed by atoms with Gasteiger partial charge in [-0.05, 0) is 60.4 Å². The minimum absolute atomic E-state index is 0.0341. The summed E-state index contributed by atoms with van der Waals surface area (Å²) < 4.78 is 41.1. The van der Waals surface area contributed by atoms with Gasteiger partial charge in [0.25, 0.3) is 8.32 Å². The van der Waals surface area contributed by atoms with Crippen LogP contribution >= 0.6 is 7.82 Å². The number of ether oxygens (including phenoxy) is 1. The standard InChI is InChI=1S/C43H61O7PSi/c1-7-8-9-10-11-12-13-14-15-16-17-18-19-20-21-22-23-24-31-36-42(44)50-39(37-48-51(45,46-5)47-6)38-49-52(43(2,3)4,40-32-27-25-28-33-40)41-34-29-26-30-35-41/h8-9,11-12,14-15,17-18,20-21,23-30,32-35,39H,7,10,13,16,19,22,31,36-38H2,1-6H3/b9-8-,12-11-,15-14-,18-17-,21-20-,24-23-/t39-/m0/s1. The molecule has 0 heterocycles. The number of hydrogen-bond donors (Lipinski definition) is 0. The largest absolute Gasteiger partial charge is 0.474 e. The van der Waals surface area contributed by atoms with Crippen LogP contribution in [0.5, 0.6) is 0 Å². The summed E-state index contributed by atoms with van der Waals surface area (Å²) in [5.41, 5.74) is 0. The van der Waals surface area contributed by atoms with Gasteiger partial charge >= 0.3 is 13.8 Å². The monoisotopic (exact) mass is 748 g/mol. The zero-order valence-corrected chi connectivity index (χ0v) is 34.0. The molecule has 2 aromatic rings. The number of benzene rings is 2. The van der Waals surface area contributed by atoms with Crippen molar-refractivity contribution >= 4 is 32.5 Å². The Labute approximate surface area is 314 Å². The molecular formula is C43H61O7PSi. The van der Waals surface area contributed by atoms with Crippen molar-refractivity contribution in [3.8, 4) is 0 Å². The first-order chi connectivity index (χ1) is 25.1. The number of phosphoric acid groups is 1. The van der Waals surface area contributed by atoms with E-state index < -0.39 is 28.2 Å². The topological polar surface area (TPSA) is 80.3 Å². The fourth-order valence-corrected chi connectivity index (χ4v) is 10.8. The number of carbonyl (C=O) groups is 1. The summed E-state index contributed by atoms with van der Waals surface area (Å²) in [5.74, 6) is -0.399. The molecule has 52 heavy (non-hydrogen) atoms. The molecule has 0 saturated heterocycles. The smallest absolute Gasteiger partial charge is 0.457 e. The Morgan fingerprint density at radius 1 is 0.673 bits per heavy atom. The summed E-state index contributed by atoms with van der Waals surface area (Å²) in [6.07, 6.45) is 31.3. The SMILES string of the molecule is CC/C=C\C/C=C\C/C=C\C/C=C\C/C=C\C/C=C\CCC(=O)O[C@H](CO[Si](c1ccccc1)(c1ccccc1)C(C)(C)C)COP(=O)(OC)OC. The fraction of sp³-hybridized carbons (Fsp3) is 0.419. The molecule has 0 unspecified atom stereocenters. The molecule has 0 fully saturated rings. The molecule has 0 aliphatic rings. The van der Waals surface area contributed by atoms with Crippen molar-refractivity contribution in [2.75, 3.05) is 27.4 Å². The quantitative estimate of drug-likeness (QED) is 0.0433. The van der Waals surface area contributed by atoms with Gasteiger partial charge < -0.3 is 9.16 Å². The van der Waals surface area contributed by atoms with Crippen molar-refractivity contribution < 1.29 is 32.1 Å². The van der Waals surface area contributed by atoms with Crippen molar-refractivity contribution in [1.29, 1.82) is 0 Å². The molecule has 0 aliphatic carbocycles. The maximum absolute atomic E-state index is 13.0. The number of rotatable bonds is 25. The Balaban J connectivity index is 1.94. The summed E-state index contributed by atoms with van der Waals surface area (Å²) in [6.45, 7) is 8.48. The Hall–Kier alpha value is -3.36. The van der Waals surface area contributed by atoms with Gasteiger partial charge in [0.1, 0.15) is 6.10 Å². The molecule has 2 aromatic carbocycles. The lowest BCUT2D eigenvalue weighted by Crippen LogP contribution is -2.67. The summed E-state index contributed by atoms with van der Waals surface area (Å²) >= 11 is 0. The van der Waals surface area contributed by atoms with Gasteiger partial charge in [-0.3, -0.25) is 18.4 Å². The maximum atomic E-state index is 13.0. The van der Waals surface area contributed by atoms with E-state index in [0.717, 1.165) is 48.9 Å². The van der Waals surface area contributed by atoms with Gasteiger partial charge in [-0.25, -0.2) is 4.57 Å². The van der Waals surface area contributed by atoms with E-state index in [2.05, 4.69) is 113 Å². The second-order valence-corrected chi connectivity index (χ2v) is 19.3. The second kappa shape index (κ2) is 25.6. The number of esters is 1. The van der Waals surface area contributed by atoms with Gasteiger partial charge in [-0.1, -0.05) is 161 Å². The van der Waals surface area contributed by atoms with Crippen LogP contribution in [-0.4, -0.2) is 47.8 Å². The van der Waals surface area contributed by atoms with Crippen molar-refractivity contribution in [2.24, 2.45) is 0 Å². The Morgan fingerprint density at radius 2 is 1.10 bits per heavy atom. The van der Waals surface area contributed by atoms with Crippen LogP contribution in [0.15, 0.2) is 134 Å². The molecule has 0 spiro atoms. The predicted octanol–water partition coefficient (Wildman–Crippen LogP) is 10.4. The number of allylic oxidation sites excluding steroid dienone is 12. The van der Waals surface area contributed by atoms with E-state index in [1.165, 1.54) is 14.2 Å². The van der Waals surface area contributed by atoms with Crippen LogP contribution in [0.3, 0.4) is 0 Å². The van der Waals surface area contributed by atoms with Crippen LogP contribution in [0.1, 0.15) is 79.1 Å². The average molecular weight is 749 g/mol. The number of phosphoric ester groups is 1. The molecule has 9 heteroatoms. The Kier molecular flexibility index (Phi) is 22.0. The van der Waals surface area contributed by atoms with Gasteiger partial charge in [-0.2, -0.15) is 0 Å². The lowest BCUT2D eigenvalue weighted by Gasteiger charge is -2.43. The molecule has 0 amide bonds. The third kappa shape index (κ3) is 16.5. The van der Waals surface area contributed by atoms with Crippen LogP contribution in [0.2, 0.25) is 5.04 Å². The summed E-state index contributed by atoms with van der Waals surface area (Å²) in [7, 11) is -4.25. The average Bonchev–Trinajstić information content (AvgIpc) is 3.15. The molecule has 0 aliphatic heterocycles. The highest BCUT2D eigenvalue weighted by molar-refractivity contribution is 7.48. The molecule has 7 nitrogen and oxygen atoms in total. The lowest BCUT2D eigenvalue weighted by molar-refractivity contribution is -0.152. The summed E-state index contributed by atoms with van der Waals surface area (Å²) in [5, 5.41) is 1.91. The summed E-state index contributed by atoms with van der Waals surface area (Å²) in [4.78, 5) is 13.0. The fourth-order valence-electron chi connectivity index (χ4n) is 5.54. The molecule has 0 N–H and O–H groups in total. The third-order valence-electron chi connectivity index (χ3n) is 8.18. The molecule has 0 saturated carbocycles. The van der Waals surface area contributed by atoms with Crippen LogP contribution < -0.4 is 10.4 Å². The third-order valence-corrected chi connectivity index (χ3v) is 14.5. The Bertz CT molecular complexity index is 1440. The maximum Gasteiger partial charge on any atom is 0.474 e. The van der Waals surface area contributed by atoms with E-state index in [-0.39, 0.29) is 24.7 Å². The van der Waals surface area contributed by atoms with Gasteiger partial charge in [-0.15, -0.1) is 0 Å². The van der Waals surface area contributed by atoms with Gasteiger partial charge in [0, 0.05) is 20.6 Å². The van der Waals surface area contributed by atoms with Crippen molar-refractivity contribution in [3.63, 3.8) is 0 Å². The van der Waals surface area contributed by atoms with E-state index in [4.69, 9.17) is 22.7 Å². The second-order valence-electron chi connectivity index (χ2n) is 13.1. The molecule has 0 radical (unpaired) electrons. The van der Waals surface area contributed by atoms with E-state index in [0.29, 0.717) is 6.42 Å². The van der Waals surface area contributed by atoms with Gasteiger partial charge in [0.2, 0.25) is 0 Å². The molecule has 2 rings (SSSR count). The molecule has 1 atom stereocenters. The molecule has 284 valence electrons. The highest BCUT2D eigenvalue weighted by Gasteiger charge is 2.50. The van der Waals surface area contributed by atoms with E-state index in [1.54, 1.807) is 0 Å². The minimum Gasteiger partial charge on any atom is -0.457 e. The van der Waals surface area contributed by atoms with Crippen molar-refractivity contribution in [2.45, 2.75) is 90.2 Å². The molecule has 0 bridgehead atoms. The minimum atomic E-state index is -3.81. The van der Waals surface area contributed by atoms with Crippen LogP contribution in [0.25, 0.3) is 0 Å². The lowest BCUT2D eigenvalue weighted by atomic mass is 10.2. The van der Waals surface area contributed by atoms with Crippen molar-refractivity contribution in [1.82, 2.24) is 0 Å². The summed E-state index contributed by atoms with van der Waals surface area (Å²) in [6, 6.07) is 20.4. The first kappa shape index (κ1) is 44.8. The zero-order chi connectivity index (χ0) is 38.0. The number of carbonyl (C=O) groups excluding carboxylic acids is 1. The van der Waals surface area contributed by atoms with Crippen LogP contribution in [0, 0.1) is 0 Å². The van der Waals surface area contributed by atoms with E-state index in [1.807, 2.05) is 48.6 Å². The normalized spacial score (nSPS) is 13.9. The molecule has 0 aromatic heterocycles.